The number of esters is 1. The monoisotopic (exact) mass is 398 g/mol. The maximum absolute atomic E-state index is 11.6. The molecule has 1 N–H and O–H groups in total. The molecule has 1 fully saturated rings. The maximum atomic E-state index is 11.6. The van der Waals surface area contributed by atoms with Gasteiger partial charge >= 0.3 is 5.97 Å². The molecule has 0 aromatic carbocycles. The molecule has 0 unspecified atom stereocenters. The lowest BCUT2D eigenvalue weighted by Gasteiger charge is -2.15. The number of hydrogen-bond acceptors (Lipinski definition) is 5. The highest BCUT2D eigenvalue weighted by Gasteiger charge is 2.19. The number of rotatable bonds is 8. The van der Waals surface area contributed by atoms with Crippen molar-refractivity contribution >= 4 is 39.8 Å². The third-order valence-electron chi connectivity index (χ3n) is 3.42. The predicted octanol–water partition coefficient (Wildman–Crippen LogP) is 1.73. The first kappa shape index (κ1) is 18.3. The Kier molecular flexibility index (Phi) is 7.05. The van der Waals surface area contributed by atoms with Crippen LogP contribution in [-0.4, -0.2) is 48.9 Å². The number of carbonyl (C=O) groups is 3. The van der Waals surface area contributed by atoms with Crippen molar-refractivity contribution in [2.75, 3.05) is 26.2 Å². The summed E-state index contributed by atoms with van der Waals surface area (Å²) in [4.78, 5) is 36.3. The largest absolute Gasteiger partial charge is 0.452 e. The fraction of sp³-hybridized carbons (Fsp3) is 0.438. The number of furan rings is 1. The molecule has 2 amide bonds. The normalized spacial score (nSPS) is 14.4. The summed E-state index contributed by atoms with van der Waals surface area (Å²) < 4.78 is 10.6. The first-order chi connectivity index (χ1) is 11.5. The molecule has 2 rings (SSSR count). The lowest BCUT2D eigenvalue weighted by molar-refractivity contribution is -0.143. The SMILES string of the molecule is O=C(COC(=O)/C=C/c1ccc(Br)o1)NCCCN1CCCC1=O. The van der Waals surface area contributed by atoms with Crippen molar-refractivity contribution in [3.63, 3.8) is 0 Å². The number of carbonyl (C=O) groups excluding carboxylic acids is 3. The molecule has 1 aromatic heterocycles. The van der Waals surface area contributed by atoms with E-state index in [1.54, 1.807) is 17.0 Å². The minimum absolute atomic E-state index is 0.172. The van der Waals surface area contributed by atoms with Crippen molar-refractivity contribution in [1.82, 2.24) is 10.2 Å². The number of hydrogen-bond donors (Lipinski definition) is 1. The van der Waals surface area contributed by atoms with E-state index in [0.717, 1.165) is 13.0 Å². The highest BCUT2D eigenvalue weighted by atomic mass is 79.9. The van der Waals surface area contributed by atoms with Crippen LogP contribution >= 0.6 is 15.9 Å². The summed E-state index contributed by atoms with van der Waals surface area (Å²) in [5.41, 5.74) is 0. The van der Waals surface area contributed by atoms with Gasteiger partial charge < -0.3 is 19.4 Å². The van der Waals surface area contributed by atoms with Crippen LogP contribution in [0.2, 0.25) is 0 Å². The van der Waals surface area contributed by atoms with Crippen molar-refractivity contribution in [2.24, 2.45) is 0 Å². The quantitative estimate of drug-likeness (QED) is 0.409. The molecule has 0 saturated carbocycles. The Morgan fingerprint density at radius 1 is 1.42 bits per heavy atom. The molecular weight excluding hydrogens is 380 g/mol. The number of nitrogens with one attached hydrogen (secondary N) is 1. The molecular formula is C16H19BrN2O5. The summed E-state index contributed by atoms with van der Waals surface area (Å²) in [6.45, 7) is 1.54. The van der Waals surface area contributed by atoms with Crippen LogP contribution < -0.4 is 5.32 Å². The van der Waals surface area contributed by atoms with Gasteiger partial charge in [0.1, 0.15) is 5.76 Å². The van der Waals surface area contributed by atoms with E-state index in [9.17, 15) is 14.4 Å². The third kappa shape index (κ3) is 6.19. The summed E-state index contributed by atoms with van der Waals surface area (Å²) in [6.07, 6.45) is 4.85. The zero-order valence-electron chi connectivity index (χ0n) is 13.1. The second kappa shape index (κ2) is 9.27. The Balaban J connectivity index is 1.56. The predicted molar refractivity (Wildman–Crippen MR) is 89.8 cm³/mol. The second-order valence-electron chi connectivity index (χ2n) is 5.27. The van der Waals surface area contributed by atoms with Gasteiger partial charge in [-0.1, -0.05) is 0 Å². The zero-order valence-corrected chi connectivity index (χ0v) is 14.7. The molecule has 2 heterocycles. The Morgan fingerprint density at radius 3 is 2.92 bits per heavy atom. The first-order valence-electron chi connectivity index (χ1n) is 7.69. The van der Waals surface area contributed by atoms with E-state index in [1.807, 2.05) is 0 Å². The lowest BCUT2D eigenvalue weighted by atomic mass is 10.4. The molecule has 1 aliphatic heterocycles. The Labute approximate surface area is 148 Å². The Bertz CT molecular complexity index is 626. The smallest absolute Gasteiger partial charge is 0.331 e. The van der Waals surface area contributed by atoms with Crippen molar-refractivity contribution in [3.8, 4) is 0 Å². The van der Waals surface area contributed by atoms with Gasteiger partial charge in [-0.05, 0) is 47.0 Å². The molecule has 1 saturated heterocycles. The molecule has 0 aliphatic carbocycles. The summed E-state index contributed by atoms with van der Waals surface area (Å²) in [6, 6.07) is 3.39. The average molecular weight is 399 g/mol. The Morgan fingerprint density at radius 2 is 2.25 bits per heavy atom. The van der Waals surface area contributed by atoms with Crippen molar-refractivity contribution < 1.29 is 23.5 Å². The van der Waals surface area contributed by atoms with Crippen LogP contribution in [-0.2, 0) is 19.1 Å². The summed E-state index contributed by atoms with van der Waals surface area (Å²) in [5, 5.41) is 2.65. The van der Waals surface area contributed by atoms with Crippen molar-refractivity contribution in [1.29, 1.82) is 0 Å². The van der Waals surface area contributed by atoms with Gasteiger partial charge in [0.2, 0.25) is 5.91 Å². The molecule has 1 aliphatic rings. The van der Waals surface area contributed by atoms with Gasteiger partial charge in [-0.2, -0.15) is 0 Å². The molecule has 0 atom stereocenters. The standard InChI is InChI=1S/C16H19BrN2O5/c17-13-6-4-12(24-13)5-7-16(22)23-11-14(20)18-8-2-10-19-9-1-3-15(19)21/h4-7H,1-3,8-11H2,(H,18,20)/b7-5+. The fourth-order valence-electron chi connectivity index (χ4n) is 2.24. The minimum atomic E-state index is -0.625. The van der Waals surface area contributed by atoms with E-state index in [0.29, 0.717) is 36.4 Å². The number of amides is 2. The van der Waals surface area contributed by atoms with Crippen LogP contribution in [0.4, 0.5) is 0 Å². The third-order valence-corrected chi connectivity index (χ3v) is 3.85. The molecule has 0 radical (unpaired) electrons. The fourth-order valence-corrected chi connectivity index (χ4v) is 2.56. The van der Waals surface area contributed by atoms with Crippen LogP contribution in [0.1, 0.15) is 25.0 Å². The van der Waals surface area contributed by atoms with Gasteiger partial charge in [-0.15, -0.1) is 0 Å². The molecule has 0 bridgehead atoms. The number of ether oxygens (including phenoxy) is 1. The molecule has 1 aromatic rings. The molecule has 8 heteroatoms. The number of nitrogens with zero attached hydrogens (tertiary/aromatic N) is 1. The van der Waals surface area contributed by atoms with Gasteiger partial charge in [0.25, 0.3) is 5.91 Å². The Hall–Kier alpha value is -2.09. The highest BCUT2D eigenvalue weighted by Crippen LogP contribution is 2.15. The molecule has 0 spiro atoms. The van der Waals surface area contributed by atoms with Crippen LogP contribution in [0.3, 0.4) is 0 Å². The summed E-state index contributed by atoms with van der Waals surface area (Å²) in [7, 11) is 0. The topological polar surface area (TPSA) is 88.8 Å². The van der Waals surface area contributed by atoms with Crippen LogP contribution in [0, 0.1) is 0 Å². The number of halogens is 1. The van der Waals surface area contributed by atoms with Gasteiger partial charge in [0.15, 0.2) is 11.3 Å². The van der Waals surface area contributed by atoms with Gasteiger partial charge in [0.05, 0.1) is 0 Å². The van der Waals surface area contributed by atoms with E-state index in [-0.39, 0.29) is 18.4 Å². The minimum Gasteiger partial charge on any atom is -0.452 e. The number of likely N-dealkylation sites (tertiary alicyclic amines) is 1. The van der Waals surface area contributed by atoms with E-state index in [4.69, 9.17) is 9.15 Å². The maximum Gasteiger partial charge on any atom is 0.331 e. The van der Waals surface area contributed by atoms with E-state index >= 15 is 0 Å². The van der Waals surface area contributed by atoms with Crippen LogP contribution in [0.15, 0.2) is 27.3 Å². The summed E-state index contributed by atoms with van der Waals surface area (Å²) in [5.74, 6) is -0.323. The van der Waals surface area contributed by atoms with Crippen molar-refractivity contribution in [3.05, 3.63) is 28.6 Å². The van der Waals surface area contributed by atoms with Crippen molar-refractivity contribution in [2.45, 2.75) is 19.3 Å². The van der Waals surface area contributed by atoms with Crippen LogP contribution in [0.25, 0.3) is 6.08 Å². The van der Waals surface area contributed by atoms with E-state index in [1.165, 1.54) is 12.2 Å². The second-order valence-corrected chi connectivity index (χ2v) is 6.05. The van der Waals surface area contributed by atoms with Gasteiger partial charge in [0, 0.05) is 32.1 Å². The molecule has 7 nitrogen and oxygen atoms in total. The zero-order chi connectivity index (χ0) is 17.4. The van der Waals surface area contributed by atoms with Gasteiger partial charge in [-0.3, -0.25) is 9.59 Å². The highest BCUT2D eigenvalue weighted by molar-refractivity contribution is 9.10. The molecule has 130 valence electrons. The van der Waals surface area contributed by atoms with E-state index < -0.39 is 5.97 Å². The average Bonchev–Trinajstić information content (AvgIpc) is 3.16. The summed E-state index contributed by atoms with van der Waals surface area (Å²) >= 11 is 3.15. The lowest BCUT2D eigenvalue weighted by Crippen LogP contribution is -2.32. The van der Waals surface area contributed by atoms with Gasteiger partial charge in [-0.25, -0.2) is 4.79 Å². The van der Waals surface area contributed by atoms with Crippen LogP contribution in [0.5, 0.6) is 0 Å². The first-order valence-corrected chi connectivity index (χ1v) is 8.48. The van der Waals surface area contributed by atoms with E-state index in [2.05, 4.69) is 21.2 Å². The molecule has 24 heavy (non-hydrogen) atoms.